The van der Waals surface area contributed by atoms with Crippen molar-refractivity contribution < 1.29 is 9.18 Å². The Kier molecular flexibility index (Phi) is 2.69. The molecule has 0 atom stereocenters. The number of hydrogen-bond donors (Lipinski definition) is 3. The van der Waals surface area contributed by atoms with E-state index in [-0.39, 0.29) is 11.7 Å². The molecule has 0 radical (unpaired) electrons. The quantitative estimate of drug-likeness (QED) is 0.636. The molecule has 0 fully saturated rings. The number of fused-ring (bicyclic) bond motifs is 2. The SMILES string of the molecule is O=C1Nc2ccccc2/C1=C\Nc1n[nH]c2cccc(F)c12. The summed E-state index contributed by atoms with van der Waals surface area (Å²) in [5.41, 5.74) is 2.65. The molecule has 0 aliphatic carbocycles. The molecule has 3 aromatic rings. The number of nitrogens with one attached hydrogen (secondary N) is 3. The lowest BCUT2D eigenvalue weighted by atomic mass is 10.1. The second-order valence-corrected chi connectivity index (χ2v) is 4.94. The van der Waals surface area contributed by atoms with Gasteiger partial charge in [-0.3, -0.25) is 9.89 Å². The number of para-hydroxylation sites is 1. The zero-order valence-corrected chi connectivity index (χ0v) is 11.4. The molecular formula is C16H11FN4O. The van der Waals surface area contributed by atoms with Crippen LogP contribution in [0.25, 0.3) is 16.5 Å². The molecule has 22 heavy (non-hydrogen) atoms. The summed E-state index contributed by atoms with van der Waals surface area (Å²) in [6.07, 6.45) is 1.54. The summed E-state index contributed by atoms with van der Waals surface area (Å²) < 4.78 is 13.9. The predicted molar refractivity (Wildman–Crippen MR) is 82.7 cm³/mol. The van der Waals surface area contributed by atoms with Crippen LogP contribution in [0.1, 0.15) is 5.56 Å². The Hall–Kier alpha value is -3.15. The first-order valence-corrected chi connectivity index (χ1v) is 6.74. The van der Waals surface area contributed by atoms with E-state index >= 15 is 0 Å². The number of carbonyl (C=O) groups is 1. The Morgan fingerprint density at radius 1 is 1.14 bits per heavy atom. The largest absolute Gasteiger partial charge is 0.344 e. The maximum Gasteiger partial charge on any atom is 0.257 e. The van der Waals surface area contributed by atoms with Crippen LogP contribution in [-0.4, -0.2) is 16.1 Å². The monoisotopic (exact) mass is 294 g/mol. The van der Waals surface area contributed by atoms with E-state index in [1.807, 2.05) is 24.3 Å². The van der Waals surface area contributed by atoms with Gasteiger partial charge in [0.15, 0.2) is 5.82 Å². The minimum Gasteiger partial charge on any atom is -0.344 e. The molecule has 2 heterocycles. The number of anilines is 2. The van der Waals surface area contributed by atoms with Gasteiger partial charge in [0.2, 0.25) is 0 Å². The van der Waals surface area contributed by atoms with Gasteiger partial charge >= 0.3 is 0 Å². The number of carbonyl (C=O) groups excluding carboxylic acids is 1. The molecular weight excluding hydrogens is 283 g/mol. The molecule has 0 bridgehead atoms. The van der Waals surface area contributed by atoms with Gasteiger partial charge < -0.3 is 10.6 Å². The van der Waals surface area contributed by atoms with Gasteiger partial charge in [-0.25, -0.2) is 4.39 Å². The van der Waals surface area contributed by atoms with Crippen LogP contribution in [0.2, 0.25) is 0 Å². The van der Waals surface area contributed by atoms with Crippen LogP contribution in [0.5, 0.6) is 0 Å². The zero-order valence-electron chi connectivity index (χ0n) is 11.4. The predicted octanol–water partition coefficient (Wildman–Crippen LogP) is 3.11. The van der Waals surface area contributed by atoms with E-state index in [0.29, 0.717) is 22.3 Å². The molecule has 2 aromatic carbocycles. The molecule has 1 aliphatic heterocycles. The fourth-order valence-corrected chi connectivity index (χ4v) is 2.56. The molecule has 0 saturated heterocycles. The number of aromatic nitrogens is 2. The molecule has 108 valence electrons. The lowest BCUT2D eigenvalue weighted by Crippen LogP contribution is -2.05. The van der Waals surface area contributed by atoms with Crippen LogP contribution in [0.4, 0.5) is 15.9 Å². The maximum atomic E-state index is 13.9. The van der Waals surface area contributed by atoms with Crippen molar-refractivity contribution in [3.8, 4) is 0 Å². The van der Waals surface area contributed by atoms with Crippen LogP contribution >= 0.6 is 0 Å². The number of amides is 1. The molecule has 5 nitrogen and oxygen atoms in total. The van der Waals surface area contributed by atoms with E-state index in [1.165, 1.54) is 6.07 Å². The van der Waals surface area contributed by atoms with Crippen LogP contribution in [0, 0.1) is 5.82 Å². The Labute approximate surface area is 124 Å². The fourth-order valence-electron chi connectivity index (χ4n) is 2.56. The van der Waals surface area contributed by atoms with Crippen molar-refractivity contribution in [3.63, 3.8) is 0 Å². The van der Waals surface area contributed by atoms with Gasteiger partial charge in [-0.2, -0.15) is 5.10 Å². The van der Waals surface area contributed by atoms with Crippen molar-refractivity contribution in [2.24, 2.45) is 0 Å². The van der Waals surface area contributed by atoms with Crippen molar-refractivity contribution in [1.82, 2.24) is 10.2 Å². The van der Waals surface area contributed by atoms with Crippen LogP contribution < -0.4 is 10.6 Å². The third kappa shape index (κ3) is 1.85. The topological polar surface area (TPSA) is 69.8 Å². The van der Waals surface area contributed by atoms with E-state index in [9.17, 15) is 9.18 Å². The molecule has 6 heteroatoms. The third-order valence-corrected chi connectivity index (χ3v) is 3.60. The Morgan fingerprint density at radius 3 is 2.91 bits per heavy atom. The highest BCUT2D eigenvalue weighted by molar-refractivity contribution is 6.31. The van der Waals surface area contributed by atoms with Crippen molar-refractivity contribution in [1.29, 1.82) is 0 Å². The smallest absolute Gasteiger partial charge is 0.257 e. The average molecular weight is 294 g/mol. The molecule has 1 aromatic heterocycles. The summed E-state index contributed by atoms with van der Waals surface area (Å²) >= 11 is 0. The van der Waals surface area contributed by atoms with E-state index < -0.39 is 0 Å². The maximum absolute atomic E-state index is 13.9. The van der Waals surface area contributed by atoms with Crippen LogP contribution in [0.15, 0.2) is 48.7 Å². The van der Waals surface area contributed by atoms with Gasteiger partial charge in [-0.15, -0.1) is 0 Å². The van der Waals surface area contributed by atoms with Gasteiger partial charge in [-0.05, 0) is 18.2 Å². The fraction of sp³-hybridized carbons (Fsp3) is 0. The number of nitrogens with zero attached hydrogens (tertiary/aromatic N) is 1. The molecule has 4 rings (SSSR count). The Balaban J connectivity index is 1.74. The van der Waals surface area contributed by atoms with E-state index in [4.69, 9.17) is 0 Å². The number of rotatable bonds is 2. The first kappa shape index (κ1) is 12.6. The molecule has 1 aliphatic rings. The molecule has 0 saturated carbocycles. The molecule has 1 amide bonds. The summed E-state index contributed by atoms with van der Waals surface area (Å²) in [5.74, 6) is -0.227. The Bertz CT molecular complexity index is 929. The molecule has 3 N–H and O–H groups in total. The standard InChI is InChI=1S/C16H11FN4O/c17-11-5-3-7-13-14(11)15(21-20-13)18-8-10-9-4-1-2-6-12(9)19-16(10)22/h1-8H,(H,19,22)(H2,18,20,21)/b10-8+. The van der Waals surface area contributed by atoms with Gasteiger partial charge in [0.1, 0.15) is 5.82 Å². The molecule has 0 unspecified atom stereocenters. The van der Waals surface area contributed by atoms with Crippen molar-refractivity contribution >= 4 is 33.9 Å². The van der Waals surface area contributed by atoms with Gasteiger partial charge in [0, 0.05) is 17.5 Å². The Morgan fingerprint density at radius 2 is 2.00 bits per heavy atom. The van der Waals surface area contributed by atoms with Gasteiger partial charge in [0.25, 0.3) is 5.91 Å². The number of benzene rings is 2. The summed E-state index contributed by atoms with van der Waals surface area (Å²) in [7, 11) is 0. The lowest BCUT2D eigenvalue weighted by Gasteiger charge is -2.00. The summed E-state index contributed by atoms with van der Waals surface area (Å²) in [6.45, 7) is 0. The van der Waals surface area contributed by atoms with E-state index in [0.717, 1.165) is 11.3 Å². The summed E-state index contributed by atoms with van der Waals surface area (Å²) in [5, 5.41) is 12.9. The number of halogens is 1. The normalized spacial score (nSPS) is 15.1. The highest BCUT2D eigenvalue weighted by atomic mass is 19.1. The minimum absolute atomic E-state index is 0.200. The summed E-state index contributed by atoms with van der Waals surface area (Å²) in [6, 6.07) is 12.1. The number of aromatic amines is 1. The second kappa shape index (κ2) is 4.70. The average Bonchev–Trinajstić information content (AvgIpc) is 3.06. The zero-order chi connectivity index (χ0) is 15.1. The van der Waals surface area contributed by atoms with Gasteiger partial charge in [0.05, 0.1) is 16.5 Å². The minimum atomic E-state index is -0.372. The van der Waals surface area contributed by atoms with Crippen molar-refractivity contribution in [2.45, 2.75) is 0 Å². The third-order valence-electron chi connectivity index (χ3n) is 3.60. The van der Waals surface area contributed by atoms with Crippen LogP contribution in [0.3, 0.4) is 0 Å². The first-order valence-electron chi connectivity index (χ1n) is 6.74. The number of H-pyrrole nitrogens is 1. The van der Waals surface area contributed by atoms with E-state index in [2.05, 4.69) is 20.8 Å². The second-order valence-electron chi connectivity index (χ2n) is 4.94. The van der Waals surface area contributed by atoms with Gasteiger partial charge in [-0.1, -0.05) is 24.3 Å². The van der Waals surface area contributed by atoms with E-state index in [1.54, 1.807) is 18.3 Å². The molecule has 0 spiro atoms. The highest BCUT2D eigenvalue weighted by Crippen LogP contribution is 2.31. The summed E-state index contributed by atoms with van der Waals surface area (Å²) in [4.78, 5) is 12.0. The van der Waals surface area contributed by atoms with Crippen molar-refractivity contribution in [2.75, 3.05) is 10.6 Å². The highest BCUT2D eigenvalue weighted by Gasteiger charge is 2.23. The number of hydrogen-bond acceptors (Lipinski definition) is 3. The first-order chi connectivity index (χ1) is 10.7. The van der Waals surface area contributed by atoms with Crippen molar-refractivity contribution in [3.05, 3.63) is 60.0 Å². The van der Waals surface area contributed by atoms with Crippen LogP contribution in [-0.2, 0) is 4.79 Å². The lowest BCUT2D eigenvalue weighted by molar-refractivity contribution is -0.110.